The van der Waals surface area contributed by atoms with E-state index in [1.54, 1.807) is 36.1 Å². The van der Waals surface area contributed by atoms with Crippen LogP contribution in [0.15, 0.2) is 52.6 Å². The van der Waals surface area contributed by atoms with Crippen LogP contribution in [0.1, 0.15) is 27.2 Å². The summed E-state index contributed by atoms with van der Waals surface area (Å²) in [4.78, 5) is 20.6. The summed E-state index contributed by atoms with van der Waals surface area (Å²) in [6.45, 7) is 2.06. The first-order chi connectivity index (χ1) is 14.0. The molecule has 150 valence electrons. The van der Waals surface area contributed by atoms with Gasteiger partial charge in [0.2, 0.25) is 11.8 Å². The highest BCUT2D eigenvalue weighted by Gasteiger charge is 2.15. The maximum Gasteiger partial charge on any atom is 0.335 e. The predicted octanol–water partition coefficient (Wildman–Crippen LogP) is 3.89. The number of aromatic nitrogens is 3. The number of ether oxygens (including phenoxy) is 1. The van der Waals surface area contributed by atoms with Gasteiger partial charge in [0.25, 0.3) is 0 Å². The molecule has 0 aliphatic carbocycles. The topological polar surface area (TPSA) is 98.8 Å². The molecule has 1 aromatic carbocycles. The van der Waals surface area contributed by atoms with Crippen LogP contribution in [0.3, 0.4) is 0 Å². The zero-order valence-corrected chi connectivity index (χ0v) is 17.0. The van der Waals surface area contributed by atoms with E-state index in [0.29, 0.717) is 17.3 Å². The molecule has 9 heteroatoms. The monoisotopic (exact) mass is 412 g/mol. The number of carboxylic acid groups (broad SMARTS) is 1. The Morgan fingerprint density at radius 1 is 1.28 bits per heavy atom. The van der Waals surface area contributed by atoms with Crippen LogP contribution in [0.25, 0.3) is 0 Å². The minimum absolute atomic E-state index is 0.212. The van der Waals surface area contributed by atoms with Crippen molar-refractivity contribution in [1.82, 2.24) is 14.8 Å². The summed E-state index contributed by atoms with van der Waals surface area (Å²) in [5.41, 5.74) is 2.46. The zero-order chi connectivity index (χ0) is 20.8. The van der Waals surface area contributed by atoms with Crippen LogP contribution in [0.4, 0.5) is 0 Å². The van der Waals surface area contributed by atoms with Gasteiger partial charge in [0.15, 0.2) is 0 Å². The molecular weight excluding hydrogens is 392 g/mol. The van der Waals surface area contributed by atoms with Crippen molar-refractivity contribution in [3.63, 3.8) is 0 Å². The highest BCUT2D eigenvalue weighted by atomic mass is 32.2. The molecular formula is C20H20N4O4S. The van der Waals surface area contributed by atoms with Crippen molar-refractivity contribution in [3.05, 3.63) is 64.8 Å². The van der Waals surface area contributed by atoms with Gasteiger partial charge in [-0.25, -0.2) is 14.5 Å². The molecule has 0 atom stereocenters. The number of aryl methyl sites for hydroxylation is 2. The highest BCUT2D eigenvalue weighted by molar-refractivity contribution is 7.98. The fourth-order valence-corrected chi connectivity index (χ4v) is 2.93. The van der Waals surface area contributed by atoms with Crippen molar-refractivity contribution in [2.45, 2.75) is 18.6 Å². The smallest absolute Gasteiger partial charge is 0.335 e. The van der Waals surface area contributed by atoms with E-state index in [1.807, 2.05) is 25.3 Å². The molecule has 3 rings (SSSR count). The zero-order valence-electron chi connectivity index (χ0n) is 16.2. The lowest BCUT2D eigenvalue weighted by Crippen LogP contribution is -1.99. The molecule has 0 radical (unpaired) electrons. The Morgan fingerprint density at radius 3 is 2.72 bits per heavy atom. The molecule has 0 saturated heterocycles. The number of aromatic carboxylic acids is 1. The van der Waals surface area contributed by atoms with E-state index in [2.05, 4.69) is 15.2 Å². The van der Waals surface area contributed by atoms with Gasteiger partial charge >= 0.3 is 5.97 Å². The Balaban J connectivity index is 1.69. The van der Waals surface area contributed by atoms with Crippen LogP contribution in [0.5, 0.6) is 11.8 Å². The summed E-state index contributed by atoms with van der Waals surface area (Å²) in [7, 11) is 1.78. The third-order valence-corrected chi connectivity index (χ3v) is 4.66. The molecule has 0 aliphatic heterocycles. The number of nitrogens with zero attached hydrogens (tertiary/aromatic N) is 4. The first kappa shape index (κ1) is 20.4. The molecule has 0 saturated carbocycles. The average molecular weight is 412 g/mol. The lowest BCUT2D eigenvalue weighted by Gasteiger charge is -2.07. The summed E-state index contributed by atoms with van der Waals surface area (Å²) in [6, 6.07) is 12.0. The maximum absolute atomic E-state index is 10.9. The number of oxime groups is 1. The summed E-state index contributed by atoms with van der Waals surface area (Å²) >= 11 is 1.53. The Kier molecular flexibility index (Phi) is 6.50. The SMILES string of the molecule is CSc1cccc(Oc2c(/C=N/OCc3ccc(C(=O)O)cc3)c(C)nn2C)n1. The average Bonchev–Trinajstić information content (AvgIpc) is 2.98. The van der Waals surface area contributed by atoms with Gasteiger partial charge in [0, 0.05) is 13.1 Å². The Morgan fingerprint density at radius 2 is 2.03 bits per heavy atom. The molecule has 0 spiro atoms. The van der Waals surface area contributed by atoms with Gasteiger partial charge < -0.3 is 14.7 Å². The fraction of sp³-hybridized carbons (Fsp3) is 0.200. The largest absolute Gasteiger partial charge is 0.478 e. The molecule has 8 nitrogen and oxygen atoms in total. The van der Waals surface area contributed by atoms with Crippen LogP contribution in [0, 0.1) is 6.92 Å². The molecule has 2 aromatic heterocycles. The lowest BCUT2D eigenvalue weighted by atomic mass is 10.1. The Hall–Kier alpha value is -3.33. The van der Waals surface area contributed by atoms with Crippen molar-refractivity contribution in [2.24, 2.45) is 12.2 Å². The van der Waals surface area contributed by atoms with E-state index in [-0.39, 0.29) is 12.2 Å². The van der Waals surface area contributed by atoms with E-state index in [1.165, 1.54) is 23.9 Å². The van der Waals surface area contributed by atoms with E-state index in [9.17, 15) is 4.79 Å². The van der Waals surface area contributed by atoms with Crippen molar-refractivity contribution in [3.8, 4) is 11.8 Å². The summed E-state index contributed by atoms with van der Waals surface area (Å²) in [5, 5.41) is 18.2. The standard InChI is InChI=1S/C20H20N4O4S/c1-13-16(11-21-27-12-14-7-9-15(10-8-14)20(25)26)19(24(2)23-13)28-17-5-4-6-18(22-17)29-3/h4-11H,12H2,1-3H3,(H,25,26)/b21-11+. The predicted molar refractivity (Wildman–Crippen MR) is 110 cm³/mol. The second kappa shape index (κ2) is 9.24. The fourth-order valence-electron chi connectivity index (χ4n) is 2.53. The number of rotatable bonds is 8. The van der Waals surface area contributed by atoms with Crippen molar-refractivity contribution in [1.29, 1.82) is 0 Å². The molecule has 29 heavy (non-hydrogen) atoms. The molecule has 3 aromatic rings. The minimum Gasteiger partial charge on any atom is -0.478 e. The second-order valence-electron chi connectivity index (χ2n) is 6.06. The molecule has 0 amide bonds. The number of carbonyl (C=O) groups is 1. The molecule has 1 N–H and O–H groups in total. The maximum atomic E-state index is 10.9. The van der Waals surface area contributed by atoms with E-state index >= 15 is 0 Å². The van der Waals surface area contributed by atoms with Gasteiger partial charge in [0.1, 0.15) is 6.61 Å². The van der Waals surface area contributed by atoms with Gasteiger partial charge in [-0.1, -0.05) is 23.4 Å². The summed E-state index contributed by atoms with van der Waals surface area (Å²) in [5.74, 6) is 0.00739. The van der Waals surface area contributed by atoms with Crippen LogP contribution >= 0.6 is 11.8 Å². The Bertz CT molecular complexity index is 1030. The van der Waals surface area contributed by atoms with Gasteiger partial charge in [-0.15, -0.1) is 11.8 Å². The summed E-state index contributed by atoms with van der Waals surface area (Å²) in [6.07, 6.45) is 3.49. The molecule has 2 heterocycles. The number of carboxylic acids is 1. The number of hydrogen-bond donors (Lipinski definition) is 1. The number of benzene rings is 1. The number of pyridine rings is 1. The number of thioether (sulfide) groups is 1. The van der Waals surface area contributed by atoms with E-state index in [4.69, 9.17) is 14.7 Å². The van der Waals surface area contributed by atoms with Crippen molar-refractivity contribution in [2.75, 3.05) is 6.26 Å². The van der Waals surface area contributed by atoms with Crippen molar-refractivity contribution < 1.29 is 19.5 Å². The molecule has 0 aliphatic rings. The van der Waals surface area contributed by atoms with Crippen LogP contribution in [-0.4, -0.2) is 38.3 Å². The van der Waals surface area contributed by atoms with Crippen LogP contribution in [-0.2, 0) is 18.5 Å². The van der Waals surface area contributed by atoms with Crippen LogP contribution < -0.4 is 4.74 Å². The molecule has 0 unspecified atom stereocenters. The first-order valence-corrected chi connectivity index (χ1v) is 9.90. The minimum atomic E-state index is -0.965. The molecule has 0 bridgehead atoms. The van der Waals surface area contributed by atoms with Crippen molar-refractivity contribution >= 4 is 23.9 Å². The lowest BCUT2D eigenvalue weighted by molar-refractivity contribution is 0.0696. The second-order valence-corrected chi connectivity index (χ2v) is 6.88. The first-order valence-electron chi connectivity index (χ1n) is 8.68. The third-order valence-electron chi connectivity index (χ3n) is 4.01. The van der Waals surface area contributed by atoms with Gasteiger partial charge in [-0.2, -0.15) is 5.10 Å². The van der Waals surface area contributed by atoms with E-state index < -0.39 is 5.97 Å². The third kappa shape index (κ3) is 5.14. The van der Waals surface area contributed by atoms with Gasteiger partial charge in [-0.3, -0.25) is 0 Å². The Labute approximate surface area is 172 Å². The quantitative estimate of drug-likeness (QED) is 0.340. The van der Waals surface area contributed by atoms with Gasteiger partial charge in [0.05, 0.1) is 28.1 Å². The normalized spacial score (nSPS) is 11.0. The van der Waals surface area contributed by atoms with E-state index in [0.717, 1.165) is 16.3 Å². The summed E-state index contributed by atoms with van der Waals surface area (Å²) < 4.78 is 7.55. The van der Waals surface area contributed by atoms with Crippen LogP contribution in [0.2, 0.25) is 0 Å². The molecule has 0 fully saturated rings. The highest BCUT2D eigenvalue weighted by Crippen LogP contribution is 2.26. The van der Waals surface area contributed by atoms with Gasteiger partial charge in [-0.05, 0) is 36.9 Å². The number of hydrogen-bond acceptors (Lipinski definition) is 7.